The predicted molar refractivity (Wildman–Crippen MR) is 76.0 cm³/mol. The van der Waals surface area contributed by atoms with Crippen molar-refractivity contribution in [3.05, 3.63) is 46.4 Å². The molecule has 0 atom stereocenters. The summed E-state index contributed by atoms with van der Waals surface area (Å²) >= 11 is 11.9. The predicted octanol–water partition coefficient (Wildman–Crippen LogP) is 4.81. The van der Waals surface area contributed by atoms with Crippen molar-refractivity contribution in [3.8, 4) is 17.2 Å². The summed E-state index contributed by atoms with van der Waals surface area (Å²) in [5, 5.41) is 1.21. The maximum atomic E-state index is 6.00. The summed E-state index contributed by atoms with van der Waals surface area (Å²) in [4.78, 5) is 4.40. The van der Waals surface area contributed by atoms with Crippen LogP contribution in [0.3, 0.4) is 0 Å². The number of benzene rings is 2. The fourth-order valence-electron chi connectivity index (χ4n) is 1.86. The molecular formula is C14H9Cl2NO2. The zero-order valence-electron chi connectivity index (χ0n) is 9.98. The van der Waals surface area contributed by atoms with E-state index in [9.17, 15) is 0 Å². The first-order valence-electron chi connectivity index (χ1n) is 5.57. The summed E-state index contributed by atoms with van der Waals surface area (Å²) in [6, 6.07) is 10.6. The SMILES string of the molecule is COc1ccc(Cl)cc1-c1nc2cc(Cl)ccc2o1. The lowest BCUT2D eigenvalue weighted by atomic mass is 10.2. The van der Waals surface area contributed by atoms with Crippen LogP contribution < -0.4 is 4.74 Å². The highest BCUT2D eigenvalue weighted by molar-refractivity contribution is 6.31. The lowest BCUT2D eigenvalue weighted by Gasteiger charge is -2.04. The van der Waals surface area contributed by atoms with E-state index < -0.39 is 0 Å². The molecule has 3 rings (SSSR count). The number of ether oxygens (including phenoxy) is 1. The van der Waals surface area contributed by atoms with Gasteiger partial charge in [-0.05, 0) is 36.4 Å². The van der Waals surface area contributed by atoms with Gasteiger partial charge in [0.15, 0.2) is 5.58 Å². The minimum absolute atomic E-state index is 0.455. The fourth-order valence-corrected chi connectivity index (χ4v) is 2.20. The third kappa shape index (κ3) is 2.27. The number of nitrogens with zero attached hydrogens (tertiary/aromatic N) is 1. The van der Waals surface area contributed by atoms with Gasteiger partial charge in [0.2, 0.25) is 5.89 Å². The summed E-state index contributed by atoms with van der Waals surface area (Å²) in [5.41, 5.74) is 2.08. The van der Waals surface area contributed by atoms with E-state index in [1.54, 1.807) is 43.5 Å². The van der Waals surface area contributed by atoms with Crippen molar-refractivity contribution >= 4 is 34.3 Å². The van der Waals surface area contributed by atoms with Crippen molar-refractivity contribution in [2.45, 2.75) is 0 Å². The largest absolute Gasteiger partial charge is 0.496 e. The van der Waals surface area contributed by atoms with Crippen LogP contribution in [0.2, 0.25) is 10.0 Å². The van der Waals surface area contributed by atoms with Crippen molar-refractivity contribution in [2.24, 2.45) is 0 Å². The Morgan fingerprint density at radius 1 is 1.05 bits per heavy atom. The van der Waals surface area contributed by atoms with E-state index in [1.165, 1.54) is 0 Å². The number of methoxy groups -OCH3 is 1. The molecule has 0 bridgehead atoms. The Morgan fingerprint density at radius 3 is 2.58 bits per heavy atom. The number of hydrogen-bond donors (Lipinski definition) is 0. The second-order valence-corrected chi connectivity index (χ2v) is 4.85. The van der Waals surface area contributed by atoms with Gasteiger partial charge in [-0.3, -0.25) is 0 Å². The molecule has 0 amide bonds. The zero-order valence-corrected chi connectivity index (χ0v) is 11.5. The molecular weight excluding hydrogens is 285 g/mol. The summed E-state index contributed by atoms with van der Waals surface area (Å²) in [6.45, 7) is 0. The topological polar surface area (TPSA) is 35.3 Å². The molecule has 0 aliphatic rings. The van der Waals surface area contributed by atoms with E-state index in [2.05, 4.69) is 4.98 Å². The van der Waals surface area contributed by atoms with Crippen molar-refractivity contribution in [3.63, 3.8) is 0 Å². The van der Waals surface area contributed by atoms with Crippen molar-refractivity contribution in [2.75, 3.05) is 7.11 Å². The minimum Gasteiger partial charge on any atom is -0.496 e. The van der Waals surface area contributed by atoms with Crippen LogP contribution in [-0.2, 0) is 0 Å². The van der Waals surface area contributed by atoms with Crippen LogP contribution in [0.25, 0.3) is 22.6 Å². The highest BCUT2D eigenvalue weighted by Gasteiger charge is 2.13. The molecule has 0 saturated carbocycles. The van der Waals surface area contributed by atoms with Crippen molar-refractivity contribution < 1.29 is 9.15 Å². The first-order valence-corrected chi connectivity index (χ1v) is 6.33. The van der Waals surface area contributed by atoms with E-state index in [1.807, 2.05) is 0 Å². The number of fused-ring (bicyclic) bond motifs is 1. The Balaban J connectivity index is 2.21. The molecule has 0 aliphatic carbocycles. The molecule has 5 heteroatoms. The Morgan fingerprint density at radius 2 is 1.79 bits per heavy atom. The third-order valence-electron chi connectivity index (χ3n) is 2.74. The highest BCUT2D eigenvalue weighted by Crippen LogP contribution is 2.34. The zero-order chi connectivity index (χ0) is 13.4. The van der Waals surface area contributed by atoms with Crippen LogP contribution in [0.4, 0.5) is 0 Å². The average Bonchev–Trinajstić information content (AvgIpc) is 2.81. The van der Waals surface area contributed by atoms with Gasteiger partial charge >= 0.3 is 0 Å². The second-order valence-electron chi connectivity index (χ2n) is 3.98. The van der Waals surface area contributed by atoms with E-state index in [0.717, 1.165) is 0 Å². The van der Waals surface area contributed by atoms with Crippen molar-refractivity contribution in [1.82, 2.24) is 4.98 Å². The van der Waals surface area contributed by atoms with Gasteiger partial charge in [-0.25, -0.2) is 4.98 Å². The molecule has 0 fully saturated rings. The maximum Gasteiger partial charge on any atom is 0.231 e. The standard InChI is InChI=1S/C14H9Cl2NO2/c1-18-12-4-2-8(15)6-10(12)14-17-11-7-9(16)3-5-13(11)19-14/h2-7H,1H3. The van der Waals surface area contributed by atoms with Crippen LogP contribution in [-0.4, -0.2) is 12.1 Å². The van der Waals surface area contributed by atoms with Gasteiger partial charge in [0.1, 0.15) is 11.3 Å². The van der Waals surface area contributed by atoms with E-state index in [0.29, 0.717) is 38.3 Å². The van der Waals surface area contributed by atoms with Crippen LogP contribution in [0, 0.1) is 0 Å². The van der Waals surface area contributed by atoms with Crippen LogP contribution >= 0.6 is 23.2 Å². The molecule has 0 unspecified atom stereocenters. The molecule has 19 heavy (non-hydrogen) atoms. The lowest BCUT2D eigenvalue weighted by molar-refractivity contribution is 0.414. The van der Waals surface area contributed by atoms with Gasteiger partial charge in [0, 0.05) is 10.0 Å². The summed E-state index contributed by atoms with van der Waals surface area (Å²) in [6.07, 6.45) is 0. The van der Waals surface area contributed by atoms with E-state index in [4.69, 9.17) is 32.4 Å². The first kappa shape index (κ1) is 12.3. The molecule has 96 valence electrons. The molecule has 2 aromatic carbocycles. The Hall–Kier alpha value is -1.71. The number of oxazole rings is 1. The maximum absolute atomic E-state index is 6.00. The van der Waals surface area contributed by atoms with Crippen LogP contribution in [0.5, 0.6) is 5.75 Å². The molecule has 3 nitrogen and oxygen atoms in total. The molecule has 0 saturated heterocycles. The molecule has 0 aliphatic heterocycles. The number of halogens is 2. The van der Waals surface area contributed by atoms with Gasteiger partial charge in [-0.15, -0.1) is 0 Å². The normalized spacial score (nSPS) is 10.9. The lowest BCUT2D eigenvalue weighted by Crippen LogP contribution is -1.87. The van der Waals surface area contributed by atoms with Crippen LogP contribution in [0.1, 0.15) is 0 Å². The van der Waals surface area contributed by atoms with Crippen molar-refractivity contribution in [1.29, 1.82) is 0 Å². The van der Waals surface area contributed by atoms with Crippen LogP contribution in [0.15, 0.2) is 40.8 Å². The number of rotatable bonds is 2. The van der Waals surface area contributed by atoms with E-state index in [-0.39, 0.29) is 0 Å². The monoisotopic (exact) mass is 293 g/mol. The summed E-state index contributed by atoms with van der Waals surface area (Å²) in [7, 11) is 1.59. The quantitative estimate of drug-likeness (QED) is 0.680. The summed E-state index contributed by atoms with van der Waals surface area (Å²) in [5.74, 6) is 1.11. The van der Waals surface area contributed by atoms with Gasteiger partial charge in [0.05, 0.1) is 12.7 Å². The third-order valence-corrected chi connectivity index (χ3v) is 3.21. The minimum atomic E-state index is 0.455. The second kappa shape index (κ2) is 4.76. The van der Waals surface area contributed by atoms with Gasteiger partial charge < -0.3 is 9.15 Å². The molecule has 3 aromatic rings. The number of aromatic nitrogens is 1. The Bertz CT molecular complexity index is 752. The molecule has 0 N–H and O–H groups in total. The molecule has 0 radical (unpaired) electrons. The fraction of sp³-hybridized carbons (Fsp3) is 0.0714. The smallest absolute Gasteiger partial charge is 0.231 e. The average molecular weight is 294 g/mol. The summed E-state index contributed by atoms with van der Waals surface area (Å²) < 4.78 is 11.0. The molecule has 0 spiro atoms. The van der Waals surface area contributed by atoms with Gasteiger partial charge in [-0.2, -0.15) is 0 Å². The molecule has 1 aromatic heterocycles. The first-order chi connectivity index (χ1) is 9.17. The Kier molecular flexibility index (Phi) is 3.09. The Labute approximate surface area is 119 Å². The van der Waals surface area contributed by atoms with Gasteiger partial charge in [0.25, 0.3) is 0 Å². The van der Waals surface area contributed by atoms with E-state index >= 15 is 0 Å². The number of hydrogen-bond acceptors (Lipinski definition) is 3. The molecule has 1 heterocycles. The highest BCUT2D eigenvalue weighted by atomic mass is 35.5. The van der Waals surface area contributed by atoms with Gasteiger partial charge in [-0.1, -0.05) is 23.2 Å².